The molecule has 0 bridgehead atoms. The van der Waals surface area contributed by atoms with Crippen LogP contribution < -0.4 is 10.5 Å². The first-order valence-electron chi connectivity index (χ1n) is 4.36. The van der Waals surface area contributed by atoms with Crippen LogP contribution in [0.1, 0.15) is 12.5 Å². The average Bonchev–Trinajstić information content (AvgIpc) is 2.11. The van der Waals surface area contributed by atoms with Crippen LogP contribution in [0.3, 0.4) is 0 Å². The predicted molar refractivity (Wildman–Crippen MR) is 59.7 cm³/mol. The number of rotatable bonds is 3. The van der Waals surface area contributed by atoms with E-state index in [-0.39, 0.29) is 11.8 Å². The van der Waals surface area contributed by atoms with Crippen LogP contribution in [-0.4, -0.2) is 18.3 Å². The van der Waals surface area contributed by atoms with Crippen molar-refractivity contribution in [2.45, 2.75) is 19.4 Å². The Balaban J connectivity index is 3.10. The molecule has 14 heavy (non-hydrogen) atoms. The molecule has 1 unspecified atom stereocenters. The van der Waals surface area contributed by atoms with E-state index in [9.17, 15) is 5.11 Å². The maximum atomic E-state index is 9.68. The van der Waals surface area contributed by atoms with Crippen molar-refractivity contribution in [3.05, 3.63) is 22.2 Å². The summed E-state index contributed by atoms with van der Waals surface area (Å²) in [5.41, 5.74) is 6.61. The van der Waals surface area contributed by atoms with Crippen LogP contribution in [-0.2, 0) is 6.42 Å². The van der Waals surface area contributed by atoms with E-state index in [2.05, 4.69) is 15.9 Å². The molecule has 0 radical (unpaired) electrons. The smallest absolute Gasteiger partial charge is 0.172 e. The zero-order valence-electron chi connectivity index (χ0n) is 8.25. The van der Waals surface area contributed by atoms with Gasteiger partial charge in [-0.05, 0) is 40.9 Å². The van der Waals surface area contributed by atoms with Crippen molar-refractivity contribution in [3.8, 4) is 11.5 Å². The Bertz CT molecular complexity index is 326. The Hall–Kier alpha value is -0.740. The molecule has 0 saturated carbocycles. The van der Waals surface area contributed by atoms with Crippen LogP contribution in [0, 0.1) is 0 Å². The van der Waals surface area contributed by atoms with Crippen LogP contribution in [0.2, 0.25) is 0 Å². The van der Waals surface area contributed by atoms with Crippen LogP contribution in [0.25, 0.3) is 0 Å². The fourth-order valence-corrected chi connectivity index (χ4v) is 1.64. The second-order valence-electron chi connectivity index (χ2n) is 3.27. The Morgan fingerprint density at radius 2 is 2.21 bits per heavy atom. The molecule has 1 rings (SSSR count). The molecule has 3 N–H and O–H groups in total. The van der Waals surface area contributed by atoms with Crippen LogP contribution in [0.15, 0.2) is 16.6 Å². The quantitative estimate of drug-likeness (QED) is 0.874. The summed E-state index contributed by atoms with van der Waals surface area (Å²) in [5, 5.41) is 9.68. The van der Waals surface area contributed by atoms with E-state index in [0.29, 0.717) is 16.6 Å². The van der Waals surface area contributed by atoms with Gasteiger partial charge < -0.3 is 15.6 Å². The highest BCUT2D eigenvalue weighted by atomic mass is 79.9. The number of hydrogen-bond donors (Lipinski definition) is 2. The lowest BCUT2D eigenvalue weighted by atomic mass is 10.1. The fraction of sp³-hybridized carbons (Fsp3) is 0.400. The molecule has 4 heteroatoms. The number of ether oxygens (including phenoxy) is 1. The van der Waals surface area contributed by atoms with Gasteiger partial charge in [0, 0.05) is 6.04 Å². The van der Waals surface area contributed by atoms with Crippen LogP contribution >= 0.6 is 15.9 Å². The van der Waals surface area contributed by atoms with Crippen LogP contribution in [0.4, 0.5) is 0 Å². The number of methoxy groups -OCH3 is 1. The molecule has 0 spiro atoms. The first kappa shape index (κ1) is 11.3. The monoisotopic (exact) mass is 259 g/mol. The SMILES string of the molecule is COc1c(CC(C)N)ccc(Br)c1O. The van der Waals surface area contributed by atoms with E-state index < -0.39 is 0 Å². The first-order valence-corrected chi connectivity index (χ1v) is 5.15. The summed E-state index contributed by atoms with van der Waals surface area (Å²) in [7, 11) is 1.53. The fourth-order valence-electron chi connectivity index (χ4n) is 1.32. The molecule has 78 valence electrons. The molecule has 3 nitrogen and oxygen atoms in total. The maximum Gasteiger partial charge on any atom is 0.172 e. The largest absolute Gasteiger partial charge is 0.503 e. The van der Waals surface area contributed by atoms with Gasteiger partial charge in [0.2, 0.25) is 0 Å². The summed E-state index contributed by atoms with van der Waals surface area (Å²) in [5.74, 6) is 0.627. The molecule has 0 amide bonds. The van der Waals surface area contributed by atoms with E-state index >= 15 is 0 Å². The van der Waals surface area contributed by atoms with E-state index in [4.69, 9.17) is 10.5 Å². The standard InChI is InChI=1S/C10H14BrNO2/c1-6(12)5-7-3-4-8(11)9(13)10(7)14-2/h3-4,6,13H,5,12H2,1-2H3. The summed E-state index contributed by atoms with van der Waals surface area (Å²) in [6, 6.07) is 3.73. The second-order valence-corrected chi connectivity index (χ2v) is 4.12. The van der Waals surface area contributed by atoms with Crippen molar-refractivity contribution in [2.24, 2.45) is 5.73 Å². The third-order valence-electron chi connectivity index (χ3n) is 1.91. The van der Waals surface area contributed by atoms with Gasteiger partial charge in [0.05, 0.1) is 11.6 Å². The van der Waals surface area contributed by atoms with Crippen molar-refractivity contribution in [1.82, 2.24) is 0 Å². The minimum atomic E-state index is 0.0458. The minimum absolute atomic E-state index is 0.0458. The lowest BCUT2D eigenvalue weighted by Gasteiger charge is -2.12. The Morgan fingerprint density at radius 3 is 2.71 bits per heavy atom. The van der Waals surface area contributed by atoms with Crippen molar-refractivity contribution in [1.29, 1.82) is 0 Å². The summed E-state index contributed by atoms with van der Waals surface area (Å²) in [6.45, 7) is 1.92. The number of aromatic hydroxyl groups is 1. The van der Waals surface area contributed by atoms with Crippen molar-refractivity contribution in [2.75, 3.05) is 7.11 Å². The summed E-state index contributed by atoms with van der Waals surface area (Å²) in [4.78, 5) is 0. The highest BCUT2D eigenvalue weighted by molar-refractivity contribution is 9.10. The van der Waals surface area contributed by atoms with E-state index in [1.165, 1.54) is 7.11 Å². The van der Waals surface area contributed by atoms with Gasteiger partial charge in [0.15, 0.2) is 11.5 Å². The predicted octanol–water partition coefficient (Wildman–Crippen LogP) is 2.05. The second kappa shape index (κ2) is 4.66. The molecule has 0 saturated heterocycles. The van der Waals surface area contributed by atoms with Crippen molar-refractivity contribution >= 4 is 15.9 Å². The lowest BCUT2D eigenvalue weighted by Crippen LogP contribution is -2.18. The minimum Gasteiger partial charge on any atom is -0.503 e. The van der Waals surface area contributed by atoms with E-state index in [0.717, 1.165) is 5.56 Å². The Morgan fingerprint density at radius 1 is 1.57 bits per heavy atom. The molecular formula is C10H14BrNO2. The Labute approximate surface area is 92.0 Å². The third kappa shape index (κ3) is 2.39. The lowest BCUT2D eigenvalue weighted by molar-refractivity contribution is 0.367. The summed E-state index contributed by atoms with van der Waals surface area (Å²) >= 11 is 3.23. The molecular weight excluding hydrogens is 246 g/mol. The average molecular weight is 260 g/mol. The topological polar surface area (TPSA) is 55.5 Å². The molecule has 0 fully saturated rings. The maximum absolute atomic E-state index is 9.68. The number of halogens is 1. The molecule has 1 atom stereocenters. The van der Waals surface area contributed by atoms with Gasteiger partial charge in [0.1, 0.15) is 0 Å². The molecule has 1 aromatic carbocycles. The molecule has 0 aliphatic carbocycles. The van der Waals surface area contributed by atoms with Crippen molar-refractivity contribution in [3.63, 3.8) is 0 Å². The number of hydrogen-bond acceptors (Lipinski definition) is 3. The van der Waals surface area contributed by atoms with Gasteiger partial charge in [-0.25, -0.2) is 0 Å². The zero-order valence-corrected chi connectivity index (χ0v) is 9.84. The highest BCUT2D eigenvalue weighted by Gasteiger charge is 2.12. The number of benzene rings is 1. The summed E-state index contributed by atoms with van der Waals surface area (Å²) in [6.07, 6.45) is 0.685. The zero-order chi connectivity index (χ0) is 10.7. The van der Waals surface area contributed by atoms with Gasteiger partial charge in [-0.15, -0.1) is 0 Å². The molecule has 0 aliphatic rings. The van der Waals surface area contributed by atoms with Gasteiger partial charge in [-0.2, -0.15) is 0 Å². The Kier molecular flexibility index (Phi) is 3.77. The number of phenols is 1. The first-order chi connectivity index (χ1) is 6.56. The van der Waals surface area contributed by atoms with Gasteiger partial charge >= 0.3 is 0 Å². The number of nitrogens with two attached hydrogens (primary N) is 1. The molecule has 0 aromatic heterocycles. The third-order valence-corrected chi connectivity index (χ3v) is 2.55. The summed E-state index contributed by atoms with van der Waals surface area (Å²) < 4.78 is 5.75. The van der Waals surface area contributed by atoms with Crippen LogP contribution in [0.5, 0.6) is 11.5 Å². The van der Waals surface area contributed by atoms with Crippen molar-refractivity contribution < 1.29 is 9.84 Å². The molecule has 0 aliphatic heterocycles. The van der Waals surface area contributed by atoms with E-state index in [1.807, 2.05) is 13.0 Å². The number of phenolic OH excluding ortho intramolecular Hbond substituents is 1. The normalized spacial score (nSPS) is 12.6. The van der Waals surface area contributed by atoms with Gasteiger partial charge in [-0.1, -0.05) is 6.07 Å². The van der Waals surface area contributed by atoms with E-state index in [1.54, 1.807) is 6.07 Å². The highest BCUT2D eigenvalue weighted by Crippen LogP contribution is 2.37. The van der Waals surface area contributed by atoms with Gasteiger partial charge in [-0.3, -0.25) is 0 Å². The van der Waals surface area contributed by atoms with Gasteiger partial charge in [0.25, 0.3) is 0 Å². The molecule has 1 aromatic rings. The molecule has 0 heterocycles.